The predicted molar refractivity (Wildman–Crippen MR) is 108 cm³/mol. The number of hydrogen-bond donors (Lipinski definition) is 2. The molecule has 0 bridgehead atoms. The Bertz CT molecular complexity index is 1100. The molecular formula is C22H18FN5. The second-order valence-corrected chi connectivity index (χ2v) is 6.73. The molecule has 28 heavy (non-hydrogen) atoms. The Balaban J connectivity index is 1.49. The minimum absolute atomic E-state index is 0.254. The number of imidazole rings is 2. The Labute approximate surface area is 160 Å². The number of nitrogens with zero attached hydrogens (tertiary/aromatic N) is 3. The zero-order chi connectivity index (χ0) is 18.9. The fraction of sp³-hybridized carbons (Fsp3) is 0.0909. The third kappa shape index (κ3) is 3.20. The molecule has 0 aliphatic rings. The van der Waals surface area contributed by atoms with Gasteiger partial charge in [-0.1, -0.05) is 24.3 Å². The van der Waals surface area contributed by atoms with Gasteiger partial charge in [0.2, 0.25) is 0 Å². The van der Waals surface area contributed by atoms with Gasteiger partial charge in [-0.15, -0.1) is 0 Å². The number of rotatable bonds is 5. The summed E-state index contributed by atoms with van der Waals surface area (Å²) < 4.78 is 13.4. The van der Waals surface area contributed by atoms with Crippen molar-refractivity contribution in [3.05, 3.63) is 90.3 Å². The van der Waals surface area contributed by atoms with Crippen LogP contribution in [0.3, 0.4) is 0 Å². The summed E-state index contributed by atoms with van der Waals surface area (Å²) in [5.74, 6) is 1.44. The van der Waals surface area contributed by atoms with Crippen molar-refractivity contribution in [3.8, 4) is 0 Å². The van der Waals surface area contributed by atoms with Crippen molar-refractivity contribution in [1.82, 2.24) is 19.9 Å². The number of benzene rings is 3. The predicted octanol–water partition coefficient (Wildman–Crippen LogP) is 4.79. The van der Waals surface area contributed by atoms with Crippen LogP contribution >= 0.6 is 0 Å². The molecule has 0 atom stereocenters. The van der Waals surface area contributed by atoms with Crippen LogP contribution in [0.1, 0.15) is 11.6 Å². The van der Waals surface area contributed by atoms with Crippen LogP contribution in [0.4, 0.5) is 10.1 Å². The van der Waals surface area contributed by atoms with Crippen LogP contribution in [0, 0.1) is 5.82 Å². The summed E-state index contributed by atoms with van der Waals surface area (Å²) in [6, 6.07) is 22.4. The summed E-state index contributed by atoms with van der Waals surface area (Å²) >= 11 is 0. The van der Waals surface area contributed by atoms with Gasteiger partial charge >= 0.3 is 0 Å². The second kappa shape index (κ2) is 6.81. The van der Waals surface area contributed by atoms with E-state index < -0.39 is 0 Å². The van der Waals surface area contributed by atoms with Crippen LogP contribution in [-0.4, -0.2) is 19.9 Å². The van der Waals surface area contributed by atoms with Crippen molar-refractivity contribution < 1.29 is 4.39 Å². The highest BCUT2D eigenvalue weighted by atomic mass is 19.1. The molecule has 0 unspecified atom stereocenters. The van der Waals surface area contributed by atoms with Crippen LogP contribution in [-0.2, 0) is 13.1 Å². The van der Waals surface area contributed by atoms with E-state index in [2.05, 4.69) is 24.8 Å². The van der Waals surface area contributed by atoms with Gasteiger partial charge in [0.25, 0.3) is 0 Å². The number of aromatic amines is 2. The monoisotopic (exact) mass is 371 g/mol. The molecule has 0 saturated heterocycles. The van der Waals surface area contributed by atoms with Crippen molar-refractivity contribution in [2.45, 2.75) is 13.1 Å². The van der Waals surface area contributed by atoms with E-state index in [4.69, 9.17) is 0 Å². The van der Waals surface area contributed by atoms with Gasteiger partial charge in [0, 0.05) is 5.69 Å². The number of H-pyrrole nitrogens is 2. The molecule has 5 nitrogen and oxygen atoms in total. The lowest BCUT2D eigenvalue weighted by molar-refractivity contribution is 0.627. The highest BCUT2D eigenvalue weighted by Crippen LogP contribution is 2.21. The molecule has 0 aliphatic carbocycles. The van der Waals surface area contributed by atoms with Crippen molar-refractivity contribution in [1.29, 1.82) is 0 Å². The minimum Gasteiger partial charge on any atom is -0.357 e. The van der Waals surface area contributed by atoms with Crippen LogP contribution in [0.15, 0.2) is 72.8 Å². The summed E-state index contributed by atoms with van der Waals surface area (Å²) in [7, 11) is 0. The molecular weight excluding hydrogens is 353 g/mol. The molecule has 2 heterocycles. The molecule has 6 heteroatoms. The van der Waals surface area contributed by atoms with Crippen molar-refractivity contribution in [3.63, 3.8) is 0 Å². The largest absolute Gasteiger partial charge is 0.357 e. The quantitative estimate of drug-likeness (QED) is 0.467. The van der Waals surface area contributed by atoms with Gasteiger partial charge < -0.3 is 14.9 Å². The van der Waals surface area contributed by atoms with E-state index in [1.807, 2.05) is 48.5 Å². The maximum Gasteiger partial charge on any atom is 0.126 e. The first-order valence-corrected chi connectivity index (χ1v) is 9.12. The van der Waals surface area contributed by atoms with Gasteiger partial charge in [-0.3, -0.25) is 0 Å². The number of hydrogen-bond acceptors (Lipinski definition) is 3. The molecule has 5 aromatic rings. The third-order valence-corrected chi connectivity index (χ3v) is 4.75. The van der Waals surface area contributed by atoms with Gasteiger partial charge in [-0.05, 0) is 48.5 Å². The van der Waals surface area contributed by atoms with E-state index >= 15 is 0 Å². The molecule has 0 spiro atoms. The Morgan fingerprint density at radius 2 is 1.18 bits per heavy atom. The highest BCUT2D eigenvalue weighted by molar-refractivity contribution is 5.75. The zero-order valence-corrected chi connectivity index (χ0v) is 15.1. The summed E-state index contributed by atoms with van der Waals surface area (Å²) in [5, 5.41) is 0. The van der Waals surface area contributed by atoms with Gasteiger partial charge in [-0.2, -0.15) is 0 Å². The smallest absolute Gasteiger partial charge is 0.126 e. The molecule has 0 aliphatic heterocycles. The second-order valence-electron chi connectivity index (χ2n) is 6.73. The highest BCUT2D eigenvalue weighted by Gasteiger charge is 2.14. The molecule has 2 N–H and O–H groups in total. The maximum atomic E-state index is 13.4. The molecule has 0 radical (unpaired) electrons. The van der Waals surface area contributed by atoms with Gasteiger partial charge in [0.1, 0.15) is 17.5 Å². The van der Waals surface area contributed by atoms with Crippen LogP contribution < -0.4 is 4.90 Å². The first-order valence-electron chi connectivity index (χ1n) is 9.12. The van der Waals surface area contributed by atoms with Gasteiger partial charge in [0.15, 0.2) is 0 Å². The van der Waals surface area contributed by atoms with E-state index in [0.717, 1.165) is 39.4 Å². The number of halogens is 1. The van der Waals surface area contributed by atoms with Gasteiger partial charge in [-0.25, -0.2) is 14.4 Å². The van der Waals surface area contributed by atoms with Gasteiger partial charge in [0.05, 0.1) is 35.2 Å². The Kier molecular flexibility index (Phi) is 4.01. The summed E-state index contributed by atoms with van der Waals surface area (Å²) in [5.41, 5.74) is 4.77. The summed E-state index contributed by atoms with van der Waals surface area (Å²) in [6.45, 7) is 1.11. The van der Waals surface area contributed by atoms with E-state index in [9.17, 15) is 4.39 Å². The zero-order valence-electron chi connectivity index (χ0n) is 15.1. The Morgan fingerprint density at radius 1 is 0.679 bits per heavy atom. The Morgan fingerprint density at radius 3 is 1.68 bits per heavy atom. The van der Waals surface area contributed by atoms with E-state index in [-0.39, 0.29) is 5.82 Å². The fourth-order valence-corrected chi connectivity index (χ4v) is 3.41. The molecule has 5 rings (SSSR count). The lowest BCUT2D eigenvalue weighted by Gasteiger charge is -2.22. The number of para-hydroxylation sites is 4. The topological polar surface area (TPSA) is 60.6 Å². The SMILES string of the molecule is Fc1ccc(N(Cc2nc3ccccc3[nH]2)Cc2nc3ccccc3[nH]2)cc1. The molecule has 0 saturated carbocycles. The summed E-state index contributed by atoms with van der Waals surface area (Å²) in [6.07, 6.45) is 0. The minimum atomic E-state index is -0.254. The number of fused-ring (bicyclic) bond motifs is 2. The number of nitrogens with one attached hydrogen (secondary N) is 2. The average Bonchev–Trinajstić information content (AvgIpc) is 3.30. The lowest BCUT2D eigenvalue weighted by atomic mass is 10.2. The van der Waals surface area contributed by atoms with E-state index in [1.165, 1.54) is 12.1 Å². The number of aromatic nitrogens is 4. The van der Waals surface area contributed by atoms with Crippen LogP contribution in [0.25, 0.3) is 22.1 Å². The third-order valence-electron chi connectivity index (χ3n) is 4.75. The summed E-state index contributed by atoms with van der Waals surface area (Å²) in [4.78, 5) is 18.2. The lowest BCUT2D eigenvalue weighted by Crippen LogP contribution is -2.23. The Hall–Kier alpha value is -3.67. The van der Waals surface area contributed by atoms with Crippen LogP contribution in [0.2, 0.25) is 0 Å². The first kappa shape index (κ1) is 16.5. The standard InChI is InChI=1S/C22H18FN5/c23-15-9-11-16(12-10-15)28(13-21-24-17-5-1-2-6-18(17)25-21)14-22-26-19-7-3-4-8-20(19)27-22/h1-12H,13-14H2,(H,24,25)(H,26,27). The van der Waals surface area contributed by atoms with Crippen molar-refractivity contribution >= 4 is 27.8 Å². The number of anilines is 1. The molecule has 0 fully saturated rings. The fourth-order valence-electron chi connectivity index (χ4n) is 3.41. The first-order chi connectivity index (χ1) is 13.7. The maximum absolute atomic E-state index is 13.4. The molecule has 0 amide bonds. The normalized spacial score (nSPS) is 11.3. The van der Waals surface area contributed by atoms with Crippen LogP contribution in [0.5, 0.6) is 0 Å². The molecule has 2 aromatic heterocycles. The average molecular weight is 371 g/mol. The molecule has 3 aromatic carbocycles. The van der Waals surface area contributed by atoms with Crippen molar-refractivity contribution in [2.24, 2.45) is 0 Å². The molecule has 138 valence electrons. The van der Waals surface area contributed by atoms with E-state index in [0.29, 0.717) is 13.1 Å². The van der Waals surface area contributed by atoms with Crippen molar-refractivity contribution in [2.75, 3.05) is 4.90 Å². The van der Waals surface area contributed by atoms with E-state index in [1.54, 1.807) is 12.1 Å².